The van der Waals surface area contributed by atoms with Crippen molar-refractivity contribution >= 4 is 55.1 Å². The van der Waals surface area contributed by atoms with Gasteiger partial charge in [0.1, 0.15) is 0 Å². The van der Waals surface area contributed by atoms with Gasteiger partial charge in [-0.25, -0.2) is 0 Å². The second kappa shape index (κ2) is 8.02. The number of halogens is 3. The van der Waals surface area contributed by atoms with Gasteiger partial charge in [-0.1, -0.05) is 18.0 Å². The van der Waals surface area contributed by atoms with E-state index in [0.717, 1.165) is 40.4 Å². The Morgan fingerprint density at radius 2 is 1.83 bits per heavy atom. The highest BCUT2D eigenvalue weighted by Crippen LogP contribution is 2.34. The first kappa shape index (κ1) is 15.8. The van der Waals surface area contributed by atoms with Gasteiger partial charge in [-0.15, -0.1) is 0 Å². The molecule has 0 unspecified atom stereocenters. The Hall–Kier alpha value is -0.260. The average Bonchev–Trinajstić information content (AvgIpc) is 2.25. The van der Waals surface area contributed by atoms with Gasteiger partial charge in [0, 0.05) is 26.9 Å². The lowest BCUT2D eigenvalue weighted by atomic mass is 10.2. The third-order valence-corrected chi connectivity index (χ3v) is 3.85. The number of aliphatic carboxylic acids is 1. The van der Waals surface area contributed by atoms with E-state index in [-0.39, 0.29) is 6.42 Å². The van der Waals surface area contributed by atoms with Crippen LogP contribution in [0.4, 0.5) is 5.69 Å². The smallest absolute Gasteiger partial charge is 0.303 e. The maximum Gasteiger partial charge on any atom is 0.303 e. The monoisotopic (exact) mass is 397 g/mol. The number of hydrogen-bond donors (Lipinski definition) is 2. The number of benzene rings is 1. The van der Waals surface area contributed by atoms with Crippen LogP contribution in [0.3, 0.4) is 0 Å². The first-order valence-electron chi connectivity index (χ1n) is 5.61. The van der Waals surface area contributed by atoms with Gasteiger partial charge in [0.2, 0.25) is 0 Å². The molecule has 6 heteroatoms. The summed E-state index contributed by atoms with van der Waals surface area (Å²) in [6.07, 6.45) is 2.81. The zero-order valence-corrected chi connectivity index (χ0v) is 13.6. The summed E-state index contributed by atoms with van der Waals surface area (Å²) < 4.78 is 1.82. The molecule has 100 valence electrons. The summed E-state index contributed by atoms with van der Waals surface area (Å²) >= 11 is 12.8. The van der Waals surface area contributed by atoms with Gasteiger partial charge in [0.15, 0.2) is 0 Å². The van der Waals surface area contributed by atoms with Crippen molar-refractivity contribution in [1.82, 2.24) is 0 Å². The van der Waals surface area contributed by atoms with Crippen molar-refractivity contribution in [3.05, 3.63) is 26.1 Å². The number of carboxylic acid groups (broad SMARTS) is 1. The highest BCUT2D eigenvalue weighted by Gasteiger charge is 2.06. The van der Waals surface area contributed by atoms with E-state index in [1.807, 2.05) is 12.1 Å². The molecule has 0 saturated heterocycles. The molecule has 3 nitrogen and oxygen atoms in total. The summed E-state index contributed by atoms with van der Waals surface area (Å²) in [5.41, 5.74) is 0.970. The van der Waals surface area contributed by atoms with E-state index >= 15 is 0 Å². The Morgan fingerprint density at radius 3 is 2.39 bits per heavy atom. The van der Waals surface area contributed by atoms with Gasteiger partial charge >= 0.3 is 5.97 Å². The fourth-order valence-electron chi connectivity index (χ4n) is 1.50. The van der Waals surface area contributed by atoms with Crippen molar-refractivity contribution in [2.45, 2.75) is 25.7 Å². The summed E-state index contributed by atoms with van der Waals surface area (Å²) in [6.45, 7) is 0.804. The quantitative estimate of drug-likeness (QED) is 0.640. The van der Waals surface area contributed by atoms with E-state index in [9.17, 15) is 4.79 Å². The molecule has 18 heavy (non-hydrogen) atoms. The molecular formula is C12H14Br2ClNO2. The first-order valence-corrected chi connectivity index (χ1v) is 7.57. The lowest BCUT2D eigenvalue weighted by molar-refractivity contribution is -0.137. The van der Waals surface area contributed by atoms with Gasteiger partial charge in [0.25, 0.3) is 0 Å². The minimum absolute atomic E-state index is 0.244. The van der Waals surface area contributed by atoms with Crippen LogP contribution in [0.1, 0.15) is 25.7 Å². The molecule has 1 rings (SSSR count). The maximum atomic E-state index is 10.3. The summed E-state index contributed by atoms with van der Waals surface area (Å²) in [5.74, 6) is -0.730. The predicted molar refractivity (Wildman–Crippen MR) is 81.4 cm³/mol. The predicted octanol–water partition coefficient (Wildman–Crippen LogP) is 4.92. The SMILES string of the molecule is O=C(O)CCCCCNc1c(Br)cc(Cl)cc1Br. The van der Waals surface area contributed by atoms with Crippen LogP contribution in [0.25, 0.3) is 0 Å². The average molecular weight is 400 g/mol. The molecule has 0 saturated carbocycles. The van der Waals surface area contributed by atoms with Crippen LogP contribution >= 0.6 is 43.5 Å². The van der Waals surface area contributed by atoms with Crippen molar-refractivity contribution < 1.29 is 9.90 Å². The topological polar surface area (TPSA) is 49.3 Å². The minimum atomic E-state index is -0.730. The van der Waals surface area contributed by atoms with Crippen LogP contribution < -0.4 is 5.32 Å². The maximum absolute atomic E-state index is 10.3. The molecular weight excluding hydrogens is 385 g/mol. The molecule has 0 amide bonds. The molecule has 0 spiro atoms. The third-order valence-electron chi connectivity index (χ3n) is 2.38. The zero-order valence-electron chi connectivity index (χ0n) is 9.68. The standard InChI is InChI=1S/C12H14Br2ClNO2/c13-9-6-8(15)7-10(14)12(9)16-5-3-1-2-4-11(17)18/h6-7,16H,1-5H2,(H,17,18). The number of rotatable bonds is 7. The van der Waals surface area contributed by atoms with E-state index in [1.54, 1.807) is 0 Å². The number of hydrogen-bond acceptors (Lipinski definition) is 2. The summed E-state index contributed by atoms with van der Waals surface area (Å²) in [6, 6.07) is 3.66. The van der Waals surface area contributed by atoms with Crippen molar-refractivity contribution in [3.63, 3.8) is 0 Å². The normalized spacial score (nSPS) is 10.4. The van der Waals surface area contributed by atoms with E-state index < -0.39 is 5.97 Å². The van der Waals surface area contributed by atoms with Crippen LogP contribution in [0.5, 0.6) is 0 Å². The molecule has 0 fully saturated rings. The van der Waals surface area contributed by atoms with Crippen LogP contribution in [0.15, 0.2) is 21.1 Å². The number of nitrogens with one attached hydrogen (secondary N) is 1. The second-order valence-electron chi connectivity index (χ2n) is 3.88. The van der Waals surface area contributed by atoms with Crippen molar-refractivity contribution in [3.8, 4) is 0 Å². The molecule has 1 aromatic rings. The first-order chi connectivity index (χ1) is 8.50. The molecule has 0 aliphatic carbocycles. The summed E-state index contributed by atoms with van der Waals surface area (Å²) in [7, 11) is 0. The highest BCUT2D eigenvalue weighted by atomic mass is 79.9. The van der Waals surface area contributed by atoms with E-state index in [1.165, 1.54) is 0 Å². The second-order valence-corrected chi connectivity index (χ2v) is 6.02. The van der Waals surface area contributed by atoms with Gasteiger partial charge in [-0.2, -0.15) is 0 Å². The number of anilines is 1. The fourth-order valence-corrected chi connectivity index (χ4v) is 3.45. The van der Waals surface area contributed by atoms with Gasteiger partial charge in [0.05, 0.1) is 5.69 Å². The van der Waals surface area contributed by atoms with Gasteiger partial charge in [-0.3, -0.25) is 4.79 Å². The Bertz CT molecular complexity index is 404. The Labute approximate surface area is 128 Å². The molecule has 0 aromatic heterocycles. The number of carboxylic acids is 1. The molecule has 0 aliphatic heterocycles. The molecule has 0 radical (unpaired) electrons. The summed E-state index contributed by atoms with van der Waals surface area (Å²) in [5, 5.41) is 12.5. The fraction of sp³-hybridized carbons (Fsp3) is 0.417. The van der Waals surface area contributed by atoms with Crippen LogP contribution in [0.2, 0.25) is 5.02 Å². The molecule has 0 bridgehead atoms. The molecule has 0 aliphatic rings. The number of carbonyl (C=O) groups is 1. The molecule has 0 heterocycles. The Morgan fingerprint density at radius 1 is 1.22 bits per heavy atom. The molecule has 0 atom stereocenters. The van der Waals surface area contributed by atoms with Crippen LogP contribution in [-0.4, -0.2) is 17.6 Å². The summed E-state index contributed by atoms with van der Waals surface area (Å²) in [4.78, 5) is 10.3. The van der Waals surface area contributed by atoms with Gasteiger partial charge in [-0.05, 0) is 56.8 Å². The highest BCUT2D eigenvalue weighted by molar-refractivity contribution is 9.11. The van der Waals surface area contributed by atoms with Crippen molar-refractivity contribution in [1.29, 1.82) is 0 Å². The molecule has 2 N–H and O–H groups in total. The largest absolute Gasteiger partial charge is 0.481 e. The zero-order chi connectivity index (χ0) is 13.5. The molecule has 1 aromatic carbocycles. The van der Waals surface area contributed by atoms with E-state index in [4.69, 9.17) is 16.7 Å². The van der Waals surface area contributed by atoms with Crippen molar-refractivity contribution in [2.75, 3.05) is 11.9 Å². The Balaban J connectivity index is 2.33. The van der Waals surface area contributed by atoms with Crippen LogP contribution in [0, 0.1) is 0 Å². The minimum Gasteiger partial charge on any atom is -0.481 e. The lowest BCUT2D eigenvalue weighted by Gasteiger charge is -2.11. The van der Waals surface area contributed by atoms with E-state index in [0.29, 0.717) is 5.02 Å². The van der Waals surface area contributed by atoms with Crippen LogP contribution in [-0.2, 0) is 4.79 Å². The lowest BCUT2D eigenvalue weighted by Crippen LogP contribution is -2.03. The van der Waals surface area contributed by atoms with Gasteiger partial charge < -0.3 is 10.4 Å². The Kier molecular flexibility index (Phi) is 7.04. The van der Waals surface area contributed by atoms with E-state index in [2.05, 4.69) is 37.2 Å². The third kappa shape index (κ3) is 5.59. The van der Waals surface area contributed by atoms with Crippen molar-refractivity contribution in [2.24, 2.45) is 0 Å². The number of unbranched alkanes of at least 4 members (excludes halogenated alkanes) is 2.